The molecule has 0 saturated carbocycles. The van der Waals surface area contributed by atoms with Gasteiger partial charge in [-0.25, -0.2) is 9.18 Å². The number of rotatable bonds is 3. The van der Waals surface area contributed by atoms with Gasteiger partial charge in [0, 0.05) is 12.2 Å². The van der Waals surface area contributed by atoms with E-state index in [9.17, 15) is 9.18 Å². The Bertz CT molecular complexity index is 1160. The molecule has 3 aromatic heterocycles. The molecule has 0 bridgehead atoms. The van der Waals surface area contributed by atoms with E-state index in [0.29, 0.717) is 23.7 Å². The normalized spacial score (nSPS) is 11.3. The van der Waals surface area contributed by atoms with Gasteiger partial charge < -0.3 is 15.6 Å². The fourth-order valence-electron chi connectivity index (χ4n) is 3.29. The molecule has 3 N–H and O–H groups in total. The van der Waals surface area contributed by atoms with Crippen molar-refractivity contribution in [3.05, 3.63) is 59.3 Å². The molecule has 0 saturated heterocycles. The molecule has 0 radical (unpaired) electrons. The van der Waals surface area contributed by atoms with Crippen LogP contribution in [0.5, 0.6) is 0 Å². The van der Waals surface area contributed by atoms with Gasteiger partial charge in [-0.15, -0.1) is 10.2 Å². The van der Waals surface area contributed by atoms with E-state index >= 15 is 0 Å². The Morgan fingerprint density at radius 3 is 2.73 bits per heavy atom. The van der Waals surface area contributed by atoms with Crippen LogP contribution < -0.4 is 11.1 Å². The highest BCUT2D eigenvalue weighted by molar-refractivity contribution is 5.96. The number of fused-ring (bicyclic) bond motifs is 3. The molecule has 0 atom stereocenters. The van der Waals surface area contributed by atoms with Crippen LogP contribution in [0.3, 0.4) is 0 Å². The Morgan fingerprint density at radius 1 is 1.19 bits per heavy atom. The second kappa shape index (κ2) is 5.83. The summed E-state index contributed by atoms with van der Waals surface area (Å²) < 4.78 is 17.5. The average Bonchev–Trinajstić information content (AvgIpc) is 3.09. The number of anilines is 1. The molecule has 0 fully saturated rings. The maximum Gasteiger partial charge on any atom is 0.316 e. The highest BCUT2D eigenvalue weighted by atomic mass is 19.1. The molecule has 0 aliphatic rings. The van der Waals surface area contributed by atoms with E-state index in [2.05, 4.69) is 20.1 Å². The van der Waals surface area contributed by atoms with Crippen molar-refractivity contribution < 1.29 is 9.18 Å². The standard InChI is InChI=1S/C18H17FN6O/c1-10-6-16-15(24(10)9-12-4-3-5-13(19)7-12)8-14(21-18(20)26)17-23-22-11(2)25(16)17/h3-8H,9H2,1-2H3,(H3,20,21,26). The van der Waals surface area contributed by atoms with Gasteiger partial charge in [-0.2, -0.15) is 0 Å². The van der Waals surface area contributed by atoms with Gasteiger partial charge >= 0.3 is 6.03 Å². The summed E-state index contributed by atoms with van der Waals surface area (Å²) in [5.41, 5.74) is 9.91. The number of aryl methyl sites for hydroxylation is 2. The number of amides is 2. The Balaban J connectivity index is 1.96. The molecule has 8 heteroatoms. The molecule has 0 unspecified atom stereocenters. The van der Waals surface area contributed by atoms with E-state index < -0.39 is 6.03 Å². The lowest BCUT2D eigenvalue weighted by Crippen LogP contribution is -2.20. The van der Waals surface area contributed by atoms with Crippen molar-refractivity contribution in [3.8, 4) is 0 Å². The summed E-state index contributed by atoms with van der Waals surface area (Å²) in [7, 11) is 0. The second-order valence-electron chi connectivity index (χ2n) is 6.23. The molecule has 1 aromatic carbocycles. The summed E-state index contributed by atoms with van der Waals surface area (Å²) in [6.07, 6.45) is 0. The van der Waals surface area contributed by atoms with Crippen molar-refractivity contribution >= 4 is 28.4 Å². The first-order chi connectivity index (χ1) is 12.4. The lowest BCUT2D eigenvalue weighted by Gasteiger charge is -2.11. The predicted octanol–water partition coefficient (Wildman–Crippen LogP) is 2.98. The smallest absolute Gasteiger partial charge is 0.316 e. The number of pyridine rings is 1. The zero-order valence-electron chi connectivity index (χ0n) is 14.3. The van der Waals surface area contributed by atoms with Gasteiger partial charge in [-0.3, -0.25) is 4.40 Å². The van der Waals surface area contributed by atoms with Gasteiger partial charge in [0.1, 0.15) is 11.6 Å². The van der Waals surface area contributed by atoms with Crippen molar-refractivity contribution in [2.24, 2.45) is 5.73 Å². The van der Waals surface area contributed by atoms with E-state index in [1.807, 2.05) is 36.4 Å². The van der Waals surface area contributed by atoms with Crippen molar-refractivity contribution in [1.29, 1.82) is 0 Å². The highest BCUT2D eigenvalue weighted by Gasteiger charge is 2.17. The van der Waals surface area contributed by atoms with E-state index in [1.54, 1.807) is 6.07 Å². The summed E-state index contributed by atoms with van der Waals surface area (Å²) in [4.78, 5) is 11.4. The number of carbonyl (C=O) groups is 1. The molecule has 3 heterocycles. The number of hydrogen-bond acceptors (Lipinski definition) is 3. The Morgan fingerprint density at radius 2 is 2.00 bits per heavy atom. The largest absolute Gasteiger partial charge is 0.351 e. The maximum absolute atomic E-state index is 13.5. The van der Waals surface area contributed by atoms with Crippen LogP contribution in [0, 0.1) is 19.7 Å². The van der Waals surface area contributed by atoms with Crippen LogP contribution in [0.2, 0.25) is 0 Å². The Hall–Kier alpha value is -3.42. The van der Waals surface area contributed by atoms with Gasteiger partial charge in [0.25, 0.3) is 0 Å². The number of nitrogens with zero attached hydrogens (tertiary/aromatic N) is 4. The third-order valence-electron chi connectivity index (χ3n) is 4.40. The first-order valence-electron chi connectivity index (χ1n) is 8.09. The topological polar surface area (TPSA) is 90.2 Å². The Kier molecular flexibility index (Phi) is 3.61. The number of hydrogen-bond donors (Lipinski definition) is 2. The summed E-state index contributed by atoms with van der Waals surface area (Å²) >= 11 is 0. The number of halogens is 1. The van der Waals surface area contributed by atoms with Crippen LogP contribution >= 0.6 is 0 Å². The first-order valence-corrected chi connectivity index (χ1v) is 8.09. The van der Waals surface area contributed by atoms with Crippen LogP contribution in [0.4, 0.5) is 14.9 Å². The average molecular weight is 352 g/mol. The fraction of sp³-hybridized carbons (Fsp3) is 0.167. The van der Waals surface area contributed by atoms with Crippen molar-refractivity contribution in [2.45, 2.75) is 20.4 Å². The summed E-state index contributed by atoms with van der Waals surface area (Å²) in [6, 6.07) is 9.65. The van der Waals surface area contributed by atoms with Gasteiger partial charge in [0.2, 0.25) is 0 Å². The first kappa shape index (κ1) is 16.1. The SMILES string of the molecule is Cc1cc2c(cc(NC(N)=O)c3nnc(C)n32)n1Cc1cccc(F)c1. The predicted molar refractivity (Wildman–Crippen MR) is 96.7 cm³/mol. The quantitative estimate of drug-likeness (QED) is 0.594. The van der Waals surface area contributed by atoms with E-state index in [-0.39, 0.29) is 5.82 Å². The zero-order chi connectivity index (χ0) is 18.4. The van der Waals surface area contributed by atoms with Gasteiger partial charge in [0.05, 0.1) is 16.7 Å². The summed E-state index contributed by atoms with van der Waals surface area (Å²) in [5.74, 6) is 0.422. The Labute approximate surface area is 148 Å². The maximum atomic E-state index is 13.5. The molecule has 26 heavy (non-hydrogen) atoms. The summed E-state index contributed by atoms with van der Waals surface area (Å²) in [6.45, 7) is 4.31. The minimum atomic E-state index is -0.674. The van der Waals surface area contributed by atoms with Gasteiger partial charge in [-0.05, 0) is 43.7 Å². The van der Waals surface area contributed by atoms with Crippen LogP contribution in [-0.2, 0) is 6.54 Å². The molecule has 7 nitrogen and oxygen atoms in total. The fourth-order valence-corrected chi connectivity index (χ4v) is 3.29. The number of benzene rings is 1. The van der Waals surface area contributed by atoms with Crippen LogP contribution in [0.25, 0.3) is 16.7 Å². The van der Waals surface area contributed by atoms with Crippen molar-refractivity contribution in [1.82, 2.24) is 19.2 Å². The third-order valence-corrected chi connectivity index (χ3v) is 4.40. The second-order valence-corrected chi connectivity index (χ2v) is 6.23. The molecule has 0 spiro atoms. The molecule has 2 amide bonds. The molecular formula is C18H17FN6O. The minimum Gasteiger partial charge on any atom is -0.351 e. The lowest BCUT2D eigenvalue weighted by atomic mass is 10.2. The highest BCUT2D eigenvalue weighted by Crippen LogP contribution is 2.28. The summed E-state index contributed by atoms with van der Waals surface area (Å²) in [5, 5.41) is 10.9. The molecular weight excluding hydrogens is 335 g/mol. The number of primary amides is 1. The lowest BCUT2D eigenvalue weighted by molar-refractivity contribution is 0.259. The third kappa shape index (κ3) is 2.55. The number of carbonyl (C=O) groups excluding carboxylic acids is 1. The number of urea groups is 1. The van der Waals surface area contributed by atoms with E-state index in [0.717, 1.165) is 22.3 Å². The van der Waals surface area contributed by atoms with Crippen LogP contribution in [0.15, 0.2) is 36.4 Å². The number of nitrogens with one attached hydrogen (secondary N) is 1. The monoisotopic (exact) mass is 352 g/mol. The molecule has 132 valence electrons. The van der Waals surface area contributed by atoms with Crippen molar-refractivity contribution in [2.75, 3.05) is 5.32 Å². The van der Waals surface area contributed by atoms with E-state index in [1.165, 1.54) is 12.1 Å². The van der Waals surface area contributed by atoms with Crippen LogP contribution in [-0.4, -0.2) is 25.2 Å². The molecule has 4 aromatic rings. The molecule has 0 aliphatic heterocycles. The van der Waals surface area contributed by atoms with Crippen molar-refractivity contribution in [3.63, 3.8) is 0 Å². The van der Waals surface area contributed by atoms with E-state index in [4.69, 9.17) is 5.73 Å². The number of nitrogens with two attached hydrogens (primary N) is 1. The van der Waals surface area contributed by atoms with Gasteiger partial charge in [0.15, 0.2) is 5.65 Å². The zero-order valence-corrected chi connectivity index (χ0v) is 14.3. The minimum absolute atomic E-state index is 0.273. The number of aromatic nitrogens is 4. The van der Waals surface area contributed by atoms with Crippen LogP contribution in [0.1, 0.15) is 17.1 Å². The molecule has 4 rings (SSSR count). The van der Waals surface area contributed by atoms with Gasteiger partial charge in [-0.1, -0.05) is 12.1 Å². The molecule has 0 aliphatic carbocycles.